The van der Waals surface area contributed by atoms with Gasteiger partial charge in [-0.1, -0.05) is 0 Å². The lowest BCUT2D eigenvalue weighted by molar-refractivity contribution is -0.137. The fourth-order valence-corrected chi connectivity index (χ4v) is 3.95. The summed E-state index contributed by atoms with van der Waals surface area (Å²) in [4.78, 5) is 28.3. The van der Waals surface area contributed by atoms with Gasteiger partial charge in [0.15, 0.2) is 0 Å². The molecule has 4 rings (SSSR count). The number of nitriles is 1. The quantitative estimate of drug-likeness (QED) is 0.771. The number of amides is 1. The molecule has 0 aliphatic carbocycles. The van der Waals surface area contributed by atoms with Crippen molar-refractivity contribution in [3.05, 3.63) is 35.7 Å². The van der Waals surface area contributed by atoms with E-state index in [1.54, 1.807) is 11.0 Å². The molecule has 0 spiro atoms. The van der Waals surface area contributed by atoms with Crippen LogP contribution in [0, 0.1) is 17.2 Å². The monoisotopic (exact) mass is 445 g/mol. The molecule has 0 bridgehead atoms. The lowest BCUT2D eigenvalue weighted by Gasteiger charge is -2.36. The number of hydrogen-bond donors (Lipinski definition) is 1. The first-order valence-corrected chi connectivity index (χ1v) is 10.3. The van der Waals surface area contributed by atoms with Gasteiger partial charge in [-0.3, -0.25) is 4.79 Å². The standard InChI is InChI=1S/C21H22F3N7O/c1-13(32)30-7-3-4-15(12-30)17-8-18(29-20(27-17)31-10-14(9-25)11-31)28-19-16(21(22,23)24)5-2-6-26-19/h2,5-6,8,14-15H,3-4,7,10-12H2,1H3,(H,26,27,28,29). The van der Waals surface area contributed by atoms with E-state index in [0.29, 0.717) is 37.8 Å². The van der Waals surface area contributed by atoms with E-state index in [4.69, 9.17) is 5.26 Å². The highest BCUT2D eigenvalue weighted by atomic mass is 19.4. The number of nitrogens with zero attached hydrogens (tertiary/aromatic N) is 6. The van der Waals surface area contributed by atoms with Crippen LogP contribution in [0.4, 0.5) is 30.8 Å². The molecule has 2 aromatic rings. The third-order valence-corrected chi connectivity index (χ3v) is 5.73. The number of rotatable bonds is 4. The number of anilines is 3. The Balaban J connectivity index is 1.67. The number of carbonyl (C=O) groups excluding carboxylic acids is 1. The van der Waals surface area contributed by atoms with E-state index < -0.39 is 11.7 Å². The molecule has 11 heteroatoms. The molecular formula is C21H22F3N7O. The number of halogens is 3. The molecule has 2 aliphatic rings. The molecule has 32 heavy (non-hydrogen) atoms. The number of carbonyl (C=O) groups is 1. The van der Waals surface area contributed by atoms with Gasteiger partial charge in [-0.2, -0.15) is 23.4 Å². The molecule has 168 valence electrons. The van der Waals surface area contributed by atoms with Crippen LogP contribution in [-0.4, -0.2) is 51.9 Å². The first-order chi connectivity index (χ1) is 15.2. The first kappa shape index (κ1) is 21.8. The van der Waals surface area contributed by atoms with Gasteiger partial charge in [-0.15, -0.1) is 0 Å². The maximum Gasteiger partial charge on any atom is 0.419 e. The predicted octanol–water partition coefficient (Wildman–Crippen LogP) is 3.32. The van der Waals surface area contributed by atoms with Crippen molar-refractivity contribution in [3.63, 3.8) is 0 Å². The largest absolute Gasteiger partial charge is 0.419 e. The summed E-state index contributed by atoms with van der Waals surface area (Å²) in [7, 11) is 0. The molecular weight excluding hydrogens is 423 g/mol. The van der Waals surface area contributed by atoms with Crippen molar-refractivity contribution in [2.24, 2.45) is 5.92 Å². The second kappa shape index (κ2) is 8.61. The Morgan fingerprint density at radius 1 is 1.28 bits per heavy atom. The second-order valence-electron chi connectivity index (χ2n) is 8.04. The van der Waals surface area contributed by atoms with Crippen molar-refractivity contribution in [2.75, 3.05) is 36.4 Å². The van der Waals surface area contributed by atoms with Crippen LogP contribution < -0.4 is 10.2 Å². The van der Waals surface area contributed by atoms with E-state index in [2.05, 4.69) is 26.3 Å². The molecule has 4 heterocycles. The zero-order valence-electron chi connectivity index (χ0n) is 17.4. The first-order valence-electron chi connectivity index (χ1n) is 10.3. The number of likely N-dealkylation sites (tertiary alicyclic amines) is 1. The third-order valence-electron chi connectivity index (χ3n) is 5.73. The van der Waals surface area contributed by atoms with Crippen molar-refractivity contribution >= 4 is 23.5 Å². The summed E-state index contributed by atoms with van der Waals surface area (Å²) in [5, 5.41) is 11.8. The maximum atomic E-state index is 13.4. The maximum absolute atomic E-state index is 13.4. The van der Waals surface area contributed by atoms with E-state index in [0.717, 1.165) is 18.9 Å². The summed E-state index contributed by atoms with van der Waals surface area (Å²) < 4.78 is 40.2. The smallest absolute Gasteiger partial charge is 0.342 e. The van der Waals surface area contributed by atoms with Crippen LogP contribution in [0.3, 0.4) is 0 Å². The number of alkyl halides is 3. The highest BCUT2D eigenvalue weighted by Crippen LogP contribution is 2.36. The Labute approximate surface area is 183 Å². The van der Waals surface area contributed by atoms with Crippen molar-refractivity contribution < 1.29 is 18.0 Å². The molecule has 2 aliphatic heterocycles. The van der Waals surface area contributed by atoms with Crippen molar-refractivity contribution in [2.45, 2.75) is 31.9 Å². The molecule has 2 saturated heterocycles. The topological polar surface area (TPSA) is 98.0 Å². The molecule has 0 saturated carbocycles. The average molecular weight is 445 g/mol. The number of pyridine rings is 1. The minimum atomic E-state index is -4.57. The van der Waals surface area contributed by atoms with Crippen LogP contribution in [0.25, 0.3) is 0 Å². The Morgan fingerprint density at radius 3 is 2.75 bits per heavy atom. The summed E-state index contributed by atoms with van der Waals surface area (Å²) in [5.74, 6) is -0.0215. The van der Waals surface area contributed by atoms with Gasteiger partial charge in [0.05, 0.1) is 23.2 Å². The van der Waals surface area contributed by atoms with Crippen molar-refractivity contribution in [1.29, 1.82) is 5.26 Å². The van der Waals surface area contributed by atoms with Crippen LogP contribution >= 0.6 is 0 Å². The zero-order valence-corrected chi connectivity index (χ0v) is 17.4. The van der Waals surface area contributed by atoms with Crippen molar-refractivity contribution in [3.8, 4) is 6.07 Å². The molecule has 2 aromatic heterocycles. The van der Waals surface area contributed by atoms with E-state index >= 15 is 0 Å². The van der Waals surface area contributed by atoms with E-state index in [-0.39, 0.29) is 29.4 Å². The summed E-state index contributed by atoms with van der Waals surface area (Å²) in [6, 6.07) is 5.99. The van der Waals surface area contributed by atoms with Gasteiger partial charge < -0.3 is 15.1 Å². The number of nitrogens with one attached hydrogen (secondary N) is 1. The molecule has 1 unspecified atom stereocenters. The number of hydrogen-bond acceptors (Lipinski definition) is 7. The molecule has 0 radical (unpaired) electrons. The molecule has 0 aromatic carbocycles. The zero-order chi connectivity index (χ0) is 22.9. The van der Waals surface area contributed by atoms with Crippen LogP contribution in [0.15, 0.2) is 24.4 Å². The van der Waals surface area contributed by atoms with Crippen LogP contribution in [0.5, 0.6) is 0 Å². The lowest BCUT2D eigenvalue weighted by atomic mass is 9.94. The highest BCUT2D eigenvalue weighted by Gasteiger charge is 2.35. The fourth-order valence-electron chi connectivity index (χ4n) is 3.95. The predicted molar refractivity (Wildman–Crippen MR) is 110 cm³/mol. The van der Waals surface area contributed by atoms with Gasteiger partial charge in [-0.25, -0.2) is 9.97 Å². The minimum Gasteiger partial charge on any atom is -0.342 e. The Kier molecular flexibility index (Phi) is 5.86. The SMILES string of the molecule is CC(=O)N1CCCC(c2cc(Nc3ncccc3C(F)(F)F)nc(N3CC(C#N)C3)n2)C1. The van der Waals surface area contributed by atoms with Crippen LogP contribution in [-0.2, 0) is 11.0 Å². The van der Waals surface area contributed by atoms with Crippen molar-refractivity contribution in [1.82, 2.24) is 19.9 Å². The van der Waals surface area contributed by atoms with Crippen LogP contribution in [0.1, 0.15) is 36.9 Å². The fraction of sp³-hybridized carbons (Fsp3) is 0.476. The molecule has 2 fully saturated rings. The van der Waals surface area contributed by atoms with Gasteiger partial charge in [0.1, 0.15) is 11.6 Å². The van der Waals surface area contributed by atoms with E-state index in [1.165, 1.54) is 19.2 Å². The van der Waals surface area contributed by atoms with E-state index in [9.17, 15) is 18.0 Å². The average Bonchev–Trinajstić information content (AvgIpc) is 2.72. The van der Waals surface area contributed by atoms with Gasteiger partial charge in [0.25, 0.3) is 0 Å². The lowest BCUT2D eigenvalue weighted by Crippen LogP contribution is -2.47. The minimum absolute atomic E-state index is 0.0229. The van der Waals surface area contributed by atoms with Crippen LogP contribution in [0.2, 0.25) is 0 Å². The Hall–Kier alpha value is -3.42. The van der Waals surface area contributed by atoms with Gasteiger partial charge in [0.2, 0.25) is 11.9 Å². The van der Waals surface area contributed by atoms with E-state index in [1.807, 2.05) is 4.90 Å². The molecule has 1 amide bonds. The summed E-state index contributed by atoms with van der Waals surface area (Å²) in [5.41, 5.74) is -0.246. The number of piperidine rings is 1. The Morgan fingerprint density at radius 2 is 2.06 bits per heavy atom. The summed E-state index contributed by atoms with van der Waals surface area (Å²) in [6.07, 6.45) is -1.68. The Bertz CT molecular complexity index is 1050. The van der Waals surface area contributed by atoms with Gasteiger partial charge in [0, 0.05) is 51.3 Å². The summed E-state index contributed by atoms with van der Waals surface area (Å²) >= 11 is 0. The second-order valence-corrected chi connectivity index (χ2v) is 8.04. The molecule has 1 N–H and O–H groups in total. The third kappa shape index (κ3) is 4.59. The van der Waals surface area contributed by atoms with Gasteiger partial charge in [-0.05, 0) is 25.0 Å². The highest BCUT2D eigenvalue weighted by molar-refractivity contribution is 5.73. The number of aromatic nitrogens is 3. The van der Waals surface area contributed by atoms with Gasteiger partial charge >= 0.3 is 6.18 Å². The molecule has 1 atom stereocenters. The summed E-state index contributed by atoms with van der Waals surface area (Å²) in [6.45, 7) is 3.60. The molecule has 8 nitrogen and oxygen atoms in total. The normalized spacial score (nSPS) is 19.3.